The Morgan fingerprint density at radius 1 is 1.11 bits per heavy atom. The van der Waals surface area contributed by atoms with Gasteiger partial charge in [0, 0.05) is 19.3 Å². The van der Waals surface area contributed by atoms with Gasteiger partial charge < -0.3 is 36.3 Å². The van der Waals surface area contributed by atoms with Gasteiger partial charge in [-0.05, 0) is 35.4 Å². The zero-order chi connectivity index (χ0) is 25.7. The van der Waals surface area contributed by atoms with Gasteiger partial charge in [0.15, 0.2) is 12.3 Å². The van der Waals surface area contributed by atoms with Crippen LogP contribution in [-0.2, 0) is 17.9 Å². The monoisotopic (exact) mass is 490 g/mol. The van der Waals surface area contributed by atoms with Gasteiger partial charge in [0.2, 0.25) is 0 Å². The topological polar surface area (TPSA) is 193 Å². The molecule has 0 spiro atoms. The molecule has 5 rings (SSSR count). The summed E-state index contributed by atoms with van der Waals surface area (Å²) in [6.45, 7) is 0.682. The molecule has 3 heterocycles. The van der Waals surface area contributed by atoms with Crippen molar-refractivity contribution in [2.45, 2.75) is 13.1 Å². The molecular formula is C24H22N6O6. The van der Waals surface area contributed by atoms with Gasteiger partial charge in [0.1, 0.15) is 28.9 Å². The molecule has 2 aromatic carbocycles. The number of carboxylic acid groups (broad SMARTS) is 1. The van der Waals surface area contributed by atoms with E-state index in [1.54, 1.807) is 42.5 Å². The number of anilines is 1. The number of benzene rings is 2. The molecule has 0 fully saturated rings. The highest BCUT2D eigenvalue weighted by Gasteiger charge is 2.20. The van der Waals surface area contributed by atoms with Crippen LogP contribution in [0.5, 0.6) is 11.5 Å². The number of nitrogens with one attached hydrogen (secondary N) is 3. The molecular weight excluding hydrogens is 468 g/mol. The molecule has 0 bridgehead atoms. The number of amides is 2. The molecule has 1 aliphatic rings. The molecule has 2 aromatic heterocycles. The predicted octanol–water partition coefficient (Wildman–Crippen LogP) is 1.77. The van der Waals surface area contributed by atoms with E-state index < -0.39 is 11.9 Å². The fourth-order valence-corrected chi connectivity index (χ4v) is 3.41. The highest BCUT2D eigenvalue weighted by Crippen LogP contribution is 2.28. The third-order valence-corrected chi connectivity index (χ3v) is 5.21. The second kappa shape index (κ2) is 10.5. The lowest BCUT2D eigenvalue weighted by atomic mass is 10.1. The van der Waals surface area contributed by atoms with E-state index in [2.05, 4.69) is 25.6 Å². The maximum Gasteiger partial charge on any atom is 0.339 e. The number of aromatic nitrogens is 3. The summed E-state index contributed by atoms with van der Waals surface area (Å²) in [7, 11) is 0. The third kappa shape index (κ3) is 5.39. The molecule has 0 atom stereocenters. The van der Waals surface area contributed by atoms with E-state index in [1.165, 1.54) is 6.20 Å². The van der Waals surface area contributed by atoms with Crippen LogP contribution >= 0.6 is 0 Å². The van der Waals surface area contributed by atoms with E-state index >= 15 is 0 Å². The van der Waals surface area contributed by atoms with E-state index in [-0.39, 0.29) is 47.1 Å². The van der Waals surface area contributed by atoms with Gasteiger partial charge in [-0.2, -0.15) is 0 Å². The van der Waals surface area contributed by atoms with Crippen molar-refractivity contribution in [3.05, 3.63) is 77.4 Å². The number of carboxylic acids is 1. The van der Waals surface area contributed by atoms with Gasteiger partial charge in [-0.15, -0.1) is 0 Å². The molecule has 2 amide bonds. The summed E-state index contributed by atoms with van der Waals surface area (Å²) < 4.78 is 5.29. The third-order valence-electron chi connectivity index (χ3n) is 5.21. The highest BCUT2D eigenvalue weighted by atomic mass is 16.5. The van der Waals surface area contributed by atoms with Crippen LogP contribution in [0.4, 0.5) is 5.69 Å². The molecule has 12 heteroatoms. The van der Waals surface area contributed by atoms with Gasteiger partial charge in [-0.3, -0.25) is 9.59 Å². The number of fused-ring (bicyclic) bond motifs is 2. The van der Waals surface area contributed by atoms with Gasteiger partial charge in [-0.1, -0.05) is 18.2 Å². The minimum Gasteiger partial charge on any atom is -0.508 e. The van der Waals surface area contributed by atoms with Crippen LogP contribution in [0, 0.1) is 0 Å². The largest absolute Gasteiger partial charge is 0.508 e. The zero-order valence-electron chi connectivity index (χ0n) is 18.8. The number of carbonyl (C=O) groups excluding carboxylic acids is 2. The van der Waals surface area contributed by atoms with Crippen LogP contribution in [0.3, 0.4) is 0 Å². The lowest BCUT2D eigenvalue weighted by Gasteiger charge is -2.18. The fourth-order valence-electron chi connectivity index (χ4n) is 3.41. The Morgan fingerprint density at radius 2 is 1.86 bits per heavy atom. The number of hydrogen-bond acceptors (Lipinski definition) is 8. The summed E-state index contributed by atoms with van der Waals surface area (Å²) >= 11 is 0. The molecule has 0 saturated heterocycles. The number of aromatic amines is 1. The summed E-state index contributed by atoms with van der Waals surface area (Å²) in [6, 6.07) is 12.0. The Morgan fingerprint density at radius 3 is 2.58 bits per heavy atom. The van der Waals surface area contributed by atoms with Crippen molar-refractivity contribution in [1.29, 1.82) is 0 Å². The second-order valence-corrected chi connectivity index (χ2v) is 7.67. The standard InChI is InChI=1S/C17H13N5O5.C7H9NO/c23-12-6-27-11-2-1-8(3-10(11)22-12)4-19-16(24)15-14-13(20-7-21-15)9(5-18-14)17(25)26;8-5-6-1-3-7(9)4-2-6/h1-3,5,7,18H,4,6H2,(H,19,24)(H,22,23)(H,25,26);1-4,9H,5,8H2. The van der Waals surface area contributed by atoms with Crippen LogP contribution in [-0.4, -0.2) is 49.6 Å². The first-order chi connectivity index (χ1) is 17.4. The molecule has 0 saturated carbocycles. The van der Waals surface area contributed by atoms with E-state index in [1.807, 2.05) is 0 Å². The normalized spacial score (nSPS) is 12.0. The van der Waals surface area contributed by atoms with E-state index in [0.29, 0.717) is 18.0 Å². The van der Waals surface area contributed by atoms with Crippen molar-refractivity contribution >= 4 is 34.5 Å². The van der Waals surface area contributed by atoms with Crippen molar-refractivity contribution in [3.63, 3.8) is 0 Å². The number of H-pyrrole nitrogens is 1. The number of nitrogens with zero attached hydrogens (tertiary/aromatic N) is 2. The molecule has 12 nitrogen and oxygen atoms in total. The van der Waals surface area contributed by atoms with E-state index in [4.69, 9.17) is 20.7 Å². The molecule has 0 radical (unpaired) electrons. The number of nitrogens with two attached hydrogens (primary N) is 1. The molecule has 0 unspecified atom stereocenters. The molecule has 0 aliphatic carbocycles. The van der Waals surface area contributed by atoms with Crippen molar-refractivity contribution < 1.29 is 29.3 Å². The number of phenols is 1. The summed E-state index contributed by atoms with van der Waals surface area (Å²) in [5.41, 5.74) is 8.06. The summed E-state index contributed by atoms with van der Waals surface area (Å²) in [4.78, 5) is 45.7. The maximum absolute atomic E-state index is 12.5. The number of carbonyl (C=O) groups is 3. The Hall–Kier alpha value is -4.97. The van der Waals surface area contributed by atoms with Crippen LogP contribution in [0.15, 0.2) is 55.0 Å². The Bertz CT molecular complexity index is 1430. The fraction of sp³-hybridized carbons (Fsp3) is 0.125. The first-order valence-electron chi connectivity index (χ1n) is 10.7. The predicted molar refractivity (Wildman–Crippen MR) is 129 cm³/mol. The summed E-state index contributed by atoms with van der Waals surface area (Å²) in [5, 5.41) is 23.4. The molecule has 7 N–H and O–H groups in total. The molecule has 36 heavy (non-hydrogen) atoms. The van der Waals surface area contributed by atoms with Crippen LogP contribution < -0.4 is 21.1 Å². The minimum atomic E-state index is -1.15. The molecule has 1 aliphatic heterocycles. The number of aromatic hydroxyl groups is 1. The quantitative estimate of drug-likeness (QED) is 0.242. The smallest absolute Gasteiger partial charge is 0.339 e. The van der Waals surface area contributed by atoms with Gasteiger partial charge >= 0.3 is 5.97 Å². The first-order valence-corrected chi connectivity index (χ1v) is 10.7. The van der Waals surface area contributed by atoms with E-state index in [9.17, 15) is 14.4 Å². The van der Waals surface area contributed by atoms with Gasteiger partial charge in [0.25, 0.3) is 11.8 Å². The van der Waals surface area contributed by atoms with Gasteiger partial charge in [-0.25, -0.2) is 14.8 Å². The number of ether oxygens (including phenoxy) is 1. The maximum atomic E-state index is 12.5. The highest BCUT2D eigenvalue weighted by molar-refractivity contribution is 6.08. The number of hydrogen-bond donors (Lipinski definition) is 6. The number of phenolic OH excluding ortho intramolecular Hbond substituents is 1. The Kier molecular flexibility index (Phi) is 7.07. The second-order valence-electron chi connectivity index (χ2n) is 7.67. The zero-order valence-corrected chi connectivity index (χ0v) is 18.8. The van der Waals surface area contributed by atoms with Crippen molar-refractivity contribution in [2.24, 2.45) is 5.73 Å². The molecule has 4 aromatic rings. The average Bonchev–Trinajstić information content (AvgIpc) is 3.32. The molecule has 184 valence electrons. The first kappa shape index (κ1) is 24.2. The van der Waals surface area contributed by atoms with Crippen molar-refractivity contribution in [2.75, 3.05) is 11.9 Å². The van der Waals surface area contributed by atoms with Crippen LogP contribution in [0.1, 0.15) is 32.0 Å². The average molecular weight is 490 g/mol. The Balaban J connectivity index is 0.000000286. The van der Waals surface area contributed by atoms with Crippen molar-refractivity contribution in [3.8, 4) is 11.5 Å². The Labute approximate surface area is 204 Å². The van der Waals surface area contributed by atoms with Crippen molar-refractivity contribution in [1.82, 2.24) is 20.3 Å². The van der Waals surface area contributed by atoms with Crippen LogP contribution in [0.25, 0.3) is 11.0 Å². The summed E-state index contributed by atoms with van der Waals surface area (Å²) in [6.07, 6.45) is 2.41. The van der Waals surface area contributed by atoms with E-state index in [0.717, 1.165) is 17.5 Å². The number of rotatable bonds is 5. The number of aromatic carboxylic acids is 1. The minimum absolute atomic E-state index is 0.0265. The lowest BCUT2D eigenvalue weighted by Crippen LogP contribution is -2.26. The lowest BCUT2D eigenvalue weighted by molar-refractivity contribution is -0.118. The van der Waals surface area contributed by atoms with Gasteiger partial charge in [0.05, 0.1) is 11.2 Å². The SMILES string of the molecule is NCc1ccc(O)cc1.O=C1COc2ccc(CNC(=O)c3ncnc4c(C(=O)O)c[nH]c34)cc2N1. The van der Waals surface area contributed by atoms with Crippen LogP contribution in [0.2, 0.25) is 0 Å². The summed E-state index contributed by atoms with van der Waals surface area (Å²) in [5.74, 6) is -1.03.